The topological polar surface area (TPSA) is 72.3 Å². The first-order chi connectivity index (χ1) is 10.5. The molecule has 0 saturated heterocycles. The lowest BCUT2D eigenvalue weighted by atomic mass is 10.3. The zero-order valence-electron chi connectivity index (χ0n) is 13.1. The Hall–Kier alpha value is -1.83. The second-order valence-corrected chi connectivity index (χ2v) is 5.36. The molecule has 0 aliphatic rings. The zero-order chi connectivity index (χ0) is 16.1. The molecule has 0 atom stereocenters. The molecule has 126 valence electrons. The van der Waals surface area contributed by atoms with E-state index in [-0.39, 0.29) is 18.1 Å². The van der Waals surface area contributed by atoms with E-state index < -0.39 is 5.97 Å². The van der Waals surface area contributed by atoms with Crippen LogP contribution >= 0.6 is 24.0 Å². The zero-order valence-corrected chi connectivity index (χ0v) is 14.7. The molecule has 7 nitrogen and oxygen atoms in total. The summed E-state index contributed by atoms with van der Waals surface area (Å²) in [7, 11) is 5.22. The highest BCUT2D eigenvalue weighted by Gasteiger charge is 2.19. The number of anilines is 2. The summed E-state index contributed by atoms with van der Waals surface area (Å²) in [5, 5.41) is 12.2. The molecule has 9 heteroatoms. The Bertz CT molecular complexity index is 643. The van der Waals surface area contributed by atoms with E-state index in [1.807, 2.05) is 19.0 Å². The average molecular weight is 360 g/mol. The molecule has 2 rings (SSSR count). The maximum absolute atomic E-state index is 11.8. The summed E-state index contributed by atoms with van der Waals surface area (Å²) in [5.41, 5.74) is 0.908. The van der Waals surface area contributed by atoms with Gasteiger partial charge in [0.25, 0.3) is 0 Å². The molecule has 0 bridgehead atoms. The van der Waals surface area contributed by atoms with E-state index in [1.165, 1.54) is 11.9 Å². The maximum atomic E-state index is 11.8. The Morgan fingerprint density at radius 2 is 1.96 bits per heavy atom. The molecular weight excluding hydrogens is 341 g/mol. The van der Waals surface area contributed by atoms with Crippen LogP contribution in [0.1, 0.15) is 10.5 Å². The molecular formula is C14H19Cl2N5O2. The Balaban J connectivity index is 0.00000264. The predicted molar refractivity (Wildman–Crippen MR) is 91.9 cm³/mol. The minimum Gasteiger partial charge on any atom is -0.464 e. The van der Waals surface area contributed by atoms with E-state index in [0.717, 1.165) is 12.2 Å². The molecule has 0 spiro atoms. The molecule has 1 aromatic heterocycles. The van der Waals surface area contributed by atoms with Crippen molar-refractivity contribution in [1.82, 2.24) is 19.9 Å². The van der Waals surface area contributed by atoms with Crippen molar-refractivity contribution in [2.75, 3.05) is 33.1 Å². The second kappa shape index (κ2) is 8.71. The van der Waals surface area contributed by atoms with Crippen LogP contribution in [0.3, 0.4) is 0 Å². The first kappa shape index (κ1) is 19.2. The third-order valence-corrected chi connectivity index (χ3v) is 3.14. The lowest BCUT2D eigenvalue weighted by molar-refractivity contribution is 0.0594. The normalized spacial score (nSPS) is 10.3. The smallest absolute Gasteiger partial charge is 0.362 e. The third-order valence-electron chi connectivity index (χ3n) is 2.89. The van der Waals surface area contributed by atoms with E-state index in [4.69, 9.17) is 16.3 Å². The van der Waals surface area contributed by atoms with Gasteiger partial charge in [0.15, 0.2) is 5.82 Å². The molecule has 1 aromatic carbocycles. The number of aromatic nitrogens is 3. The fourth-order valence-electron chi connectivity index (χ4n) is 1.73. The van der Waals surface area contributed by atoms with E-state index in [9.17, 15) is 4.79 Å². The number of hydrogen-bond donors (Lipinski definition) is 1. The molecule has 0 aliphatic carbocycles. The molecule has 0 unspecified atom stereocenters. The van der Waals surface area contributed by atoms with Crippen LogP contribution in [0.25, 0.3) is 0 Å². The van der Waals surface area contributed by atoms with Gasteiger partial charge in [-0.3, -0.25) is 0 Å². The molecule has 0 radical (unpaired) electrons. The van der Waals surface area contributed by atoms with Crippen LogP contribution in [-0.4, -0.2) is 53.6 Å². The van der Waals surface area contributed by atoms with Crippen molar-refractivity contribution in [3.8, 4) is 0 Å². The number of carbonyl (C=O) groups excluding carboxylic acids is 1. The number of hydrogen-bond acceptors (Lipinski definition) is 6. The van der Waals surface area contributed by atoms with Gasteiger partial charge in [0, 0.05) is 17.3 Å². The second-order valence-electron chi connectivity index (χ2n) is 4.92. The monoisotopic (exact) mass is 359 g/mol. The van der Waals surface area contributed by atoms with Crippen LogP contribution in [0.5, 0.6) is 0 Å². The summed E-state index contributed by atoms with van der Waals surface area (Å²) in [6, 6.07) is 7.08. The fraction of sp³-hybridized carbons (Fsp3) is 0.357. The summed E-state index contributed by atoms with van der Waals surface area (Å²) < 4.78 is 4.75. The van der Waals surface area contributed by atoms with Gasteiger partial charge in [-0.1, -0.05) is 11.6 Å². The van der Waals surface area contributed by atoms with Crippen molar-refractivity contribution >= 4 is 41.5 Å². The van der Waals surface area contributed by atoms with Crippen LogP contribution in [0.2, 0.25) is 5.02 Å². The van der Waals surface area contributed by atoms with E-state index in [2.05, 4.69) is 15.5 Å². The summed E-state index contributed by atoms with van der Waals surface area (Å²) in [6.45, 7) is 1.33. The molecule has 1 heterocycles. The molecule has 1 N–H and O–H groups in total. The lowest BCUT2D eigenvalue weighted by Gasteiger charge is -2.07. The molecule has 0 aliphatic heterocycles. The number of nitrogens with one attached hydrogen (secondary N) is 1. The Labute approximate surface area is 146 Å². The number of likely N-dealkylation sites (N-methyl/N-ethyl adjacent to an activating group) is 1. The molecule has 0 amide bonds. The maximum Gasteiger partial charge on any atom is 0.362 e. The van der Waals surface area contributed by atoms with Gasteiger partial charge in [0.2, 0.25) is 5.69 Å². The molecule has 0 saturated carbocycles. The van der Waals surface area contributed by atoms with Crippen molar-refractivity contribution in [1.29, 1.82) is 0 Å². The number of ether oxygens (including phenoxy) is 1. The Morgan fingerprint density at radius 1 is 1.30 bits per heavy atom. The Kier molecular flexibility index (Phi) is 7.28. The predicted octanol–water partition coefficient (Wildman–Crippen LogP) is 2.45. The van der Waals surface area contributed by atoms with Crippen molar-refractivity contribution in [3.05, 3.63) is 35.0 Å². The minimum atomic E-state index is -0.535. The van der Waals surface area contributed by atoms with Crippen LogP contribution in [0, 0.1) is 0 Å². The van der Waals surface area contributed by atoms with Crippen molar-refractivity contribution in [2.45, 2.75) is 6.54 Å². The van der Waals surface area contributed by atoms with Gasteiger partial charge < -0.3 is 15.0 Å². The first-order valence-electron chi connectivity index (χ1n) is 6.70. The van der Waals surface area contributed by atoms with Gasteiger partial charge in [-0.05, 0) is 38.4 Å². The molecule has 0 fully saturated rings. The highest BCUT2D eigenvalue weighted by molar-refractivity contribution is 6.30. The lowest BCUT2D eigenvalue weighted by Crippen LogP contribution is -2.20. The van der Waals surface area contributed by atoms with Crippen LogP contribution in [0.15, 0.2) is 24.3 Å². The van der Waals surface area contributed by atoms with Crippen molar-refractivity contribution in [3.63, 3.8) is 0 Å². The van der Waals surface area contributed by atoms with Gasteiger partial charge in [0.1, 0.15) is 0 Å². The standard InChI is InChI=1S/C14H18ClN5O2.ClH/c1-19(2)8-9-20-17-12(14(21)22-3)13(18-20)16-11-6-4-10(15)5-7-11;/h4-7H,8-9H2,1-3H3,(H,16,18);1H. The van der Waals surface area contributed by atoms with Crippen LogP contribution in [0.4, 0.5) is 11.5 Å². The van der Waals surface area contributed by atoms with E-state index in [0.29, 0.717) is 17.4 Å². The van der Waals surface area contributed by atoms with Gasteiger partial charge in [-0.2, -0.15) is 4.80 Å². The SMILES string of the molecule is COC(=O)c1nn(CCN(C)C)nc1Nc1ccc(Cl)cc1.Cl. The largest absolute Gasteiger partial charge is 0.464 e. The van der Waals surface area contributed by atoms with E-state index >= 15 is 0 Å². The van der Waals surface area contributed by atoms with Crippen LogP contribution in [-0.2, 0) is 11.3 Å². The van der Waals surface area contributed by atoms with Crippen LogP contribution < -0.4 is 5.32 Å². The number of carbonyl (C=O) groups is 1. The number of rotatable bonds is 6. The van der Waals surface area contributed by atoms with Crippen molar-refractivity contribution in [2.24, 2.45) is 0 Å². The highest BCUT2D eigenvalue weighted by atomic mass is 35.5. The average Bonchev–Trinajstić information content (AvgIpc) is 2.89. The van der Waals surface area contributed by atoms with Gasteiger partial charge in [0.05, 0.1) is 13.7 Å². The van der Waals surface area contributed by atoms with E-state index in [1.54, 1.807) is 24.3 Å². The molecule has 2 aromatic rings. The highest BCUT2D eigenvalue weighted by Crippen LogP contribution is 2.20. The fourth-order valence-corrected chi connectivity index (χ4v) is 1.85. The Morgan fingerprint density at radius 3 is 2.52 bits per heavy atom. The number of halogens is 2. The first-order valence-corrected chi connectivity index (χ1v) is 7.08. The molecule has 23 heavy (non-hydrogen) atoms. The third kappa shape index (κ3) is 5.38. The minimum absolute atomic E-state index is 0. The van der Waals surface area contributed by atoms with Gasteiger partial charge in [-0.15, -0.1) is 22.6 Å². The summed E-state index contributed by atoms with van der Waals surface area (Å²) in [5.74, 6) is -0.180. The summed E-state index contributed by atoms with van der Waals surface area (Å²) in [4.78, 5) is 15.3. The number of methoxy groups -OCH3 is 1. The number of benzene rings is 1. The number of esters is 1. The summed E-state index contributed by atoms with van der Waals surface area (Å²) >= 11 is 5.86. The van der Waals surface area contributed by atoms with Gasteiger partial charge in [-0.25, -0.2) is 4.79 Å². The summed E-state index contributed by atoms with van der Waals surface area (Å²) in [6.07, 6.45) is 0. The quantitative estimate of drug-likeness (QED) is 0.798. The van der Waals surface area contributed by atoms with Crippen molar-refractivity contribution < 1.29 is 9.53 Å². The number of nitrogens with zero attached hydrogens (tertiary/aromatic N) is 4. The van der Waals surface area contributed by atoms with Gasteiger partial charge >= 0.3 is 5.97 Å².